The highest BCUT2D eigenvalue weighted by atomic mass is 79.9. The van der Waals surface area contributed by atoms with E-state index in [0.29, 0.717) is 6.61 Å². The van der Waals surface area contributed by atoms with Gasteiger partial charge in [0.25, 0.3) is 0 Å². The third-order valence-electron chi connectivity index (χ3n) is 3.19. The number of hydrogen-bond acceptors (Lipinski definition) is 3. The molecular weight excluding hydrogens is 320 g/mol. The van der Waals surface area contributed by atoms with E-state index in [1.54, 1.807) is 6.92 Å². The van der Waals surface area contributed by atoms with Crippen LogP contribution in [0.1, 0.15) is 36.9 Å². The average molecular weight is 339 g/mol. The van der Waals surface area contributed by atoms with Crippen molar-refractivity contribution in [1.29, 1.82) is 0 Å². The fourth-order valence-electron chi connectivity index (χ4n) is 2.00. The Bertz CT molecular complexity index is 576. The van der Waals surface area contributed by atoms with Gasteiger partial charge in [0, 0.05) is 6.54 Å². The molecule has 4 nitrogen and oxygen atoms in total. The molecule has 0 saturated carbocycles. The Morgan fingerprint density at radius 3 is 2.55 bits per heavy atom. The van der Waals surface area contributed by atoms with Crippen LogP contribution in [-0.2, 0) is 13.2 Å². The summed E-state index contributed by atoms with van der Waals surface area (Å²) in [6.45, 7) is 7.04. The van der Waals surface area contributed by atoms with Crippen molar-refractivity contribution in [1.82, 2.24) is 9.78 Å². The first kappa shape index (κ1) is 15.1. The zero-order chi connectivity index (χ0) is 14.7. The lowest BCUT2D eigenvalue weighted by molar-refractivity contribution is 0.199. The molecule has 0 aliphatic rings. The highest BCUT2D eigenvalue weighted by molar-refractivity contribution is 9.10. The summed E-state index contributed by atoms with van der Waals surface area (Å²) in [5, 5.41) is 13.9. The number of aliphatic hydroxyl groups is 1. The van der Waals surface area contributed by atoms with E-state index >= 15 is 0 Å². The number of ether oxygens (including phenoxy) is 1. The molecular formula is C15H19BrN2O2. The molecule has 20 heavy (non-hydrogen) atoms. The van der Waals surface area contributed by atoms with E-state index in [-0.39, 0.29) is 0 Å². The summed E-state index contributed by atoms with van der Waals surface area (Å²) >= 11 is 3.55. The molecule has 0 saturated heterocycles. The monoisotopic (exact) mass is 338 g/mol. The Balaban J connectivity index is 2.09. The van der Waals surface area contributed by atoms with E-state index in [2.05, 4.69) is 28.0 Å². The molecule has 108 valence electrons. The van der Waals surface area contributed by atoms with Crippen LogP contribution in [0.4, 0.5) is 0 Å². The second kappa shape index (κ2) is 6.41. The first-order chi connectivity index (χ1) is 9.52. The van der Waals surface area contributed by atoms with Crippen molar-refractivity contribution in [2.24, 2.45) is 0 Å². The summed E-state index contributed by atoms with van der Waals surface area (Å²) < 4.78 is 8.73. The third kappa shape index (κ3) is 3.22. The van der Waals surface area contributed by atoms with E-state index < -0.39 is 6.10 Å². The third-order valence-corrected chi connectivity index (χ3v) is 4.22. The summed E-state index contributed by atoms with van der Waals surface area (Å²) in [6, 6.07) is 7.49. The lowest BCUT2D eigenvalue weighted by atomic mass is 10.1. The number of nitrogens with zero attached hydrogens (tertiary/aromatic N) is 2. The standard InChI is InChI=1S/C15H19BrN2O2/c1-4-18-14(15(16)10(2)17-18)9-20-13-7-5-12(6-8-13)11(3)19/h5-8,11,19H,4,9H2,1-3H3. The molecule has 1 aromatic heterocycles. The molecule has 2 aromatic rings. The van der Waals surface area contributed by atoms with E-state index in [1.807, 2.05) is 35.9 Å². The zero-order valence-corrected chi connectivity index (χ0v) is 13.5. The molecule has 1 N–H and O–H groups in total. The highest BCUT2D eigenvalue weighted by Crippen LogP contribution is 2.23. The summed E-state index contributed by atoms with van der Waals surface area (Å²) in [6.07, 6.45) is -0.456. The fraction of sp³-hybridized carbons (Fsp3) is 0.400. The summed E-state index contributed by atoms with van der Waals surface area (Å²) in [5.74, 6) is 0.780. The molecule has 0 aliphatic carbocycles. The molecule has 1 aromatic carbocycles. The maximum atomic E-state index is 9.47. The number of aryl methyl sites for hydroxylation is 2. The smallest absolute Gasteiger partial charge is 0.131 e. The molecule has 0 radical (unpaired) electrons. The SMILES string of the molecule is CCn1nc(C)c(Br)c1COc1ccc(C(C)O)cc1. The lowest BCUT2D eigenvalue weighted by Crippen LogP contribution is -2.06. The second-order valence-corrected chi connectivity index (χ2v) is 5.49. The number of aliphatic hydroxyl groups excluding tert-OH is 1. The average Bonchev–Trinajstić information content (AvgIpc) is 2.72. The van der Waals surface area contributed by atoms with Crippen molar-refractivity contribution in [2.75, 3.05) is 0 Å². The molecule has 5 heteroatoms. The minimum absolute atomic E-state index is 0.456. The number of aromatic nitrogens is 2. The van der Waals surface area contributed by atoms with Gasteiger partial charge >= 0.3 is 0 Å². The second-order valence-electron chi connectivity index (χ2n) is 4.70. The van der Waals surface area contributed by atoms with E-state index in [1.165, 1.54) is 0 Å². The number of benzene rings is 1. The van der Waals surface area contributed by atoms with Crippen LogP contribution < -0.4 is 4.74 Å². The first-order valence-electron chi connectivity index (χ1n) is 6.65. The van der Waals surface area contributed by atoms with Crippen molar-refractivity contribution in [2.45, 2.75) is 40.0 Å². The molecule has 0 aliphatic heterocycles. The van der Waals surface area contributed by atoms with Crippen LogP contribution in [0.15, 0.2) is 28.7 Å². The van der Waals surface area contributed by atoms with Gasteiger partial charge in [0.05, 0.1) is 22.0 Å². The predicted molar refractivity (Wildman–Crippen MR) is 81.7 cm³/mol. The maximum Gasteiger partial charge on any atom is 0.131 e. The van der Waals surface area contributed by atoms with Crippen LogP contribution in [0.25, 0.3) is 0 Å². The molecule has 2 rings (SSSR count). The summed E-state index contributed by atoms with van der Waals surface area (Å²) in [4.78, 5) is 0. The number of hydrogen-bond donors (Lipinski definition) is 1. The largest absolute Gasteiger partial charge is 0.487 e. The maximum absolute atomic E-state index is 9.47. The highest BCUT2D eigenvalue weighted by Gasteiger charge is 2.12. The summed E-state index contributed by atoms with van der Waals surface area (Å²) in [7, 11) is 0. The predicted octanol–water partition coefficient (Wildman–Crippen LogP) is 3.61. The van der Waals surface area contributed by atoms with E-state index in [0.717, 1.165) is 33.7 Å². The van der Waals surface area contributed by atoms with Gasteiger partial charge in [-0.2, -0.15) is 5.10 Å². The minimum Gasteiger partial charge on any atom is -0.487 e. The number of rotatable bonds is 5. The normalized spacial score (nSPS) is 12.4. The van der Waals surface area contributed by atoms with E-state index in [9.17, 15) is 5.11 Å². The van der Waals surface area contributed by atoms with Crippen LogP contribution in [-0.4, -0.2) is 14.9 Å². The van der Waals surface area contributed by atoms with Gasteiger partial charge in [-0.15, -0.1) is 0 Å². The molecule has 0 fully saturated rings. The van der Waals surface area contributed by atoms with Crippen LogP contribution >= 0.6 is 15.9 Å². The zero-order valence-electron chi connectivity index (χ0n) is 11.9. The Morgan fingerprint density at radius 2 is 2.00 bits per heavy atom. The van der Waals surface area contributed by atoms with Gasteiger partial charge < -0.3 is 9.84 Å². The Morgan fingerprint density at radius 1 is 1.35 bits per heavy atom. The van der Waals surface area contributed by atoms with Crippen molar-refractivity contribution in [3.63, 3.8) is 0 Å². The molecule has 1 heterocycles. The van der Waals surface area contributed by atoms with Gasteiger partial charge in [-0.3, -0.25) is 4.68 Å². The Kier molecular flexibility index (Phi) is 4.83. The van der Waals surface area contributed by atoms with Crippen LogP contribution in [0, 0.1) is 6.92 Å². The van der Waals surface area contributed by atoms with Crippen LogP contribution in [0.2, 0.25) is 0 Å². The first-order valence-corrected chi connectivity index (χ1v) is 7.44. The van der Waals surface area contributed by atoms with Gasteiger partial charge in [0.15, 0.2) is 0 Å². The van der Waals surface area contributed by atoms with Crippen molar-refractivity contribution in [3.8, 4) is 5.75 Å². The van der Waals surface area contributed by atoms with Crippen LogP contribution in [0.3, 0.4) is 0 Å². The number of halogens is 1. The van der Waals surface area contributed by atoms with Gasteiger partial charge in [0.2, 0.25) is 0 Å². The van der Waals surface area contributed by atoms with Gasteiger partial charge in [-0.25, -0.2) is 0 Å². The molecule has 0 spiro atoms. The Hall–Kier alpha value is -1.33. The molecule has 0 amide bonds. The van der Waals surface area contributed by atoms with Crippen LogP contribution in [0.5, 0.6) is 5.75 Å². The summed E-state index contributed by atoms with van der Waals surface area (Å²) in [5.41, 5.74) is 2.88. The molecule has 1 unspecified atom stereocenters. The van der Waals surface area contributed by atoms with Crippen molar-refractivity contribution < 1.29 is 9.84 Å². The quantitative estimate of drug-likeness (QED) is 0.905. The van der Waals surface area contributed by atoms with Gasteiger partial charge in [-0.05, 0) is 54.4 Å². The fourth-order valence-corrected chi connectivity index (χ4v) is 2.40. The lowest BCUT2D eigenvalue weighted by Gasteiger charge is -2.10. The van der Waals surface area contributed by atoms with Gasteiger partial charge in [-0.1, -0.05) is 12.1 Å². The van der Waals surface area contributed by atoms with E-state index in [4.69, 9.17) is 4.74 Å². The van der Waals surface area contributed by atoms with Crippen molar-refractivity contribution in [3.05, 3.63) is 45.7 Å². The molecule has 0 bridgehead atoms. The van der Waals surface area contributed by atoms with Crippen molar-refractivity contribution >= 4 is 15.9 Å². The topological polar surface area (TPSA) is 47.3 Å². The Labute approximate surface area is 127 Å². The molecule has 1 atom stereocenters. The minimum atomic E-state index is -0.456. The van der Waals surface area contributed by atoms with Gasteiger partial charge in [0.1, 0.15) is 12.4 Å².